The maximum absolute atomic E-state index is 11.8. The number of anilines is 1. The summed E-state index contributed by atoms with van der Waals surface area (Å²) in [4.78, 5) is 15.2. The van der Waals surface area contributed by atoms with Gasteiger partial charge in [0, 0.05) is 19.0 Å². The Labute approximate surface area is 163 Å². The molecule has 1 aliphatic rings. The summed E-state index contributed by atoms with van der Waals surface area (Å²) in [5.41, 5.74) is 1.84. The Morgan fingerprint density at radius 3 is 2.64 bits per heavy atom. The molecule has 2 heterocycles. The summed E-state index contributed by atoms with van der Waals surface area (Å²) in [5, 5.41) is 18.4. The quantitative estimate of drug-likeness (QED) is 0.708. The lowest BCUT2D eigenvalue weighted by Gasteiger charge is -2.16. The zero-order valence-electron chi connectivity index (χ0n) is 15.7. The monoisotopic (exact) mass is 378 g/mol. The minimum absolute atomic E-state index is 0.0417. The molecule has 1 atom stereocenters. The number of carboxylic acids is 1. The number of para-hydroxylation sites is 2. The van der Waals surface area contributed by atoms with Crippen LogP contribution in [-0.2, 0) is 0 Å². The van der Waals surface area contributed by atoms with Gasteiger partial charge >= 0.3 is 5.97 Å². The highest BCUT2D eigenvalue weighted by molar-refractivity contribution is 5.91. The molecule has 1 saturated heterocycles. The predicted octanol–water partition coefficient (Wildman–Crippen LogP) is 3.36. The number of ether oxygens (including phenoxy) is 1. The number of benzene rings is 2. The summed E-state index contributed by atoms with van der Waals surface area (Å²) in [7, 11) is 0. The van der Waals surface area contributed by atoms with Crippen molar-refractivity contribution >= 4 is 11.8 Å². The van der Waals surface area contributed by atoms with Gasteiger partial charge in [-0.2, -0.15) is 0 Å². The average molecular weight is 378 g/mol. The van der Waals surface area contributed by atoms with Gasteiger partial charge in [0.15, 0.2) is 5.82 Å². The Bertz CT molecular complexity index is 971. The third-order valence-corrected chi connectivity index (χ3v) is 4.94. The molecule has 1 N–H and O–H groups in total. The van der Waals surface area contributed by atoms with E-state index in [1.165, 1.54) is 10.4 Å². The smallest absolute Gasteiger partial charge is 0.360 e. The fourth-order valence-corrected chi connectivity index (χ4v) is 3.61. The van der Waals surface area contributed by atoms with E-state index < -0.39 is 5.97 Å². The second kappa shape index (κ2) is 7.72. The highest BCUT2D eigenvalue weighted by Crippen LogP contribution is 2.32. The van der Waals surface area contributed by atoms with Crippen LogP contribution >= 0.6 is 0 Å². The molecular weight excluding hydrogens is 356 g/mol. The van der Waals surface area contributed by atoms with Gasteiger partial charge in [-0.25, -0.2) is 4.79 Å². The van der Waals surface area contributed by atoms with Crippen LogP contribution in [0.4, 0.5) is 5.82 Å². The average Bonchev–Trinajstić information content (AvgIpc) is 3.37. The van der Waals surface area contributed by atoms with E-state index in [9.17, 15) is 9.90 Å². The van der Waals surface area contributed by atoms with Crippen LogP contribution in [0.5, 0.6) is 5.75 Å². The molecule has 7 heteroatoms. The zero-order chi connectivity index (χ0) is 19.5. The molecule has 3 aromatic rings. The second-order valence-electron chi connectivity index (χ2n) is 6.71. The van der Waals surface area contributed by atoms with E-state index in [1.54, 1.807) is 0 Å². The first-order valence-electron chi connectivity index (χ1n) is 9.40. The first-order valence-corrected chi connectivity index (χ1v) is 9.40. The van der Waals surface area contributed by atoms with Crippen molar-refractivity contribution in [1.82, 2.24) is 15.0 Å². The number of hydrogen-bond donors (Lipinski definition) is 1. The lowest BCUT2D eigenvalue weighted by atomic mass is 9.99. The van der Waals surface area contributed by atoms with Gasteiger partial charge in [-0.3, -0.25) is 0 Å². The van der Waals surface area contributed by atoms with Crippen molar-refractivity contribution in [3.8, 4) is 11.4 Å². The minimum Gasteiger partial charge on any atom is -0.492 e. The molecule has 0 bridgehead atoms. The molecule has 1 aromatic heterocycles. The summed E-state index contributed by atoms with van der Waals surface area (Å²) in [6, 6.07) is 17.6. The van der Waals surface area contributed by atoms with Crippen molar-refractivity contribution in [3.05, 3.63) is 65.9 Å². The summed E-state index contributed by atoms with van der Waals surface area (Å²) in [6.07, 6.45) is 0.950. The van der Waals surface area contributed by atoms with Gasteiger partial charge in [-0.15, -0.1) is 15.0 Å². The molecule has 2 aromatic carbocycles. The van der Waals surface area contributed by atoms with E-state index in [1.807, 2.05) is 54.3 Å². The SMILES string of the molecule is CCOc1ccccc1-n1nc(C(=O)O)c(N2CC[C@H](c3ccccc3)C2)n1. The largest absolute Gasteiger partial charge is 0.492 e. The molecular formula is C21H22N4O3. The van der Waals surface area contributed by atoms with Crippen molar-refractivity contribution < 1.29 is 14.6 Å². The molecule has 1 aliphatic heterocycles. The lowest BCUT2D eigenvalue weighted by Crippen LogP contribution is -2.22. The first-order chi connectivity index (χ1) is 13.7. The van der Waals surface area contributed by atoms with Gasteiger partial charge in [0.1, 0.15) is 11.4 Å². The van der Waals surface area contributed by atoms with Gasteiger partial charge in [-0.05, 0) is 31.0 Å². The fraction of sp³-hybridized carbons (Fsp3) is 0.286. The predicted molar refractivity (Wildman–Crippen MR) is 106 cm³/mol. The number of carbonyl (C=O) groups is 1. The van der Waals surface area contributed by atoms with Crippen molar-refractivity contribution in [1.29, 1.82) is 0 Å². The van der Waals surface area contributed by atoms with E-state index in [0.717, 1.165) is 19.5 Å². The van der Waals surface area contributed by atoms with Crippen molar-refractivity contribution in [2.24, 2.45) is 0 Å². The standard InChI is InChI=1S/C21H22N4O3/c1-2-28-18-11-7-6-10-17(18)25-22-19(21(26)27)20(23-25)24-13-12-16(14-24)15-8-4-3-5-9-15/h3-11,16H,2,12-14H2,1H3,(H,26,27)/t16-/m0/s1. The van der Waals surface area contributed by atoms with Gasteiger partial charge in [-0.1, -0.05) is 42.5 Å². The maximum Gasteiger partial charge on any atom is 0.360 e. The number of hydrogen-bond acceptors (Lipinski definition) is 5. The number of aromatic nitrogens is 3. The maximum atomic E-state index is 11.8. The summed E-state index contributed by atoms with van der Waals surface area (Å²) in [6.45, 7) is 3.86. The number of carboxylic acid groups (broad SMARTS) is 1. The van der Waals surface area contributed by atoms with Crippen LogP contribution in [0.25, 0.3) is 5.69 Å². The normalized spacial score (nSPS) is 16.3. The molecule has 0 spiro atoms. The Kier molecular flexibility index (Phi) is 4.97. The van der Waals surface area contributed by atoms with E-state index in [-0.39, 0.29) is 5.69 Å². The number of aromatic carboxylic acids is 1. The Morgan fingerprint density at radius 1 is 1.14 bits per heavy atom. The van der Waals surface area contributed by atoms with Crippen LogP contribution in [0.2, 0.25) is 0 Å². The van der Waals surface area contributed by atoms with Crippen LogP contribution in [0.15, 0.2) is 54.6 Å². The lowest BCUT2D eigenvalue weighted by molar-refractivity contribution is 0.0690. The summed E-state index contributed by atoms with van der Waals surface area (Å²) >= 11 is 0. The van der Waals surface area contributed by atoms with E-state index in [4.69, 9.17) is 4.74 Å². The molecule has 7 nitrogen and oxygen atoms in total. The van der Waals surface area contributed by atoms with E-state index in [0.29, 0.717) is 29.8 Å². The summed E-state index contributed by atoms with van der Waals surface area (Å²) in [5.74, 6) is 0.284. The molecule has 1 fully saturated rings. The molecule has 0 aliphatic carbocycles. The van der Waals surface area contributed by atoms with Crippen molar-refractivity contribution in [2.45, 2.75) is 19.3 Å². The van der Waals surface area contributed by atoms with Crippen LogP contribution in [0, 0.1) is 0 Å². The molecule has 28 heavy (non-hydrogen) atoms. The summed E-state index contributed by atoms with van der Waals surface area (Å²) < 4.78 is 5.64. The topological polar surface area (TPSA) is 80.5 Å². The van der Waals surface area contributed by atoms with Crippen LogP contribution < -0.4 is 9.64 Å². The molecule has 0 amide bonds. The van der Waals surface area contributed by atoms with Gasteiger partial charge < -0.3 is 14.7 Å². The van der Waals surface area contributed by atoms with Gasteiger partial charge in [0.05, 0.1) is 6.61 Å². The second-order valence-corrected chi connectivity index (χ2v) is 6.71. The molecule has 144 valence electrons. The third kappa shape index (κ3) is 3.43. The first kappa shape index (κ1) is 18.0. The molecule has 0 radical (unpaired) electrons. The number of nitrogens with zero attached hydrogens (tertiary/aromatic N) is 4. The third-order valence-electron chi connectivity index (χ3n) is 4.94. The minimum atomic E-state index is -1.08. The van der Waals surface area contributed by atoms with Crippen LogP contribution in [0.3, 0.4) is 0 Å². The molecule has 0 saturated carbocycles. The highest BCUT2D eigenvalue weighted by atomic mass is 16.5. The Hall–Kier alpha value is -3.35. The van der Waals surface area contributed by atoms with Gasteiger partial charge in [0.25, 0.3) is 0 Å². The van der Waals surface area contributed by atoms with Crippen LogP contribution in [-0.4, -0.2) is 45.8 Å². The fourth-order valence-electron chi connectivity index (χ4n) is 3.61. The van der Waals surface area contributed by atoms with E-state index >= 15 is 0 Å². The number of rotatable bonds is 6. The van der Waals surface area contributed by atoms with Crippen LogP contribution in [0.1, 0.15) is 35.3 Å². The molecule has 4 rings (SSSR count). The van der Waals surface area contributed by atoms with Crippen molar-refractivity contribution in [2.75, 3.05) is 24.6 Å². The molecule has 0 unspecified atom stereocenters. The van der Waals surface area contributed by atoms with Crippen molar-refractivity contribution in [3.63, 3.8) is 0 Å². The highest BCUT2D eigenvalue weighted by Gasteiger charge is 2.30. The van der Waals surface area contributed by atoms with E-state index in [2.05, 4.69) is 22.3 Å². The van der Waals surface area contributed by atoms with Gasteiger partial charge in [0.2, 0.25) is 5.69 Å². The Morgan fingerprint density at radius 2 is 1.89 bits per heavy atom. The Balaban J connectivity index is 1.66. The zero-order valence-corrected chi connectivity index (χ0v) is 15.7.